The van der Waals surface area contributed by atoms with Crippen molar-refractivity contribution in [2.24, 2.45) is 0 Å². The summed E-state index contributed by atoms with van der Waals surface area (Å²) in [4.78, 5) is 2.22. The molecule has 4 heteroatoms. The first kappa shape index (κ1) is 17.0. The van der Waals surface area contributed by atoms with Crippen LogP contribution in [0.2, 0.25) is 18.1 Å². The lowest BCUT2D eigenvalue weighted by Gasteiger charge is -2.36. The number of rotatable bonds is 5. The molecule has 0 atom stereocenters. The molecule has 0 saturated carbocycles. The van der Waals surface area contributed by atoms with E-state index in [1.807, 2.05) is 13.0 Å². The highest BCUT2D eigenvalue weighted by atomic mass is 28.4. The Morgan fingerprint density at radius 2 is 1.85 bits per heavy atom. The van der Waals surface area contributed by atoms with E-state index in [1.165, 1.54) is 5.69 Å². The van der Waals surface area contributed by atoms with E-state index in [4.69, 9.17) is 10.2 Å². The summed E-state index contributed by atoms with van der Waals surface area (Å²) < 4.78 is 6.21. The summed E-state index contributed by atoms with van der Waals surface area (Å²) in [5, 5.41) is 0.267. The monoisotopic (exact) mass is 294 g/mol. The second-order valence-corrected chi connectivity index (χ2v) is 11.9. The van der Waals surface area contributed by atoms with Gasteiger partial charge >= 0.3 is 0 Å². The third-order valence-electron chi connectivity index (χ3n) is 4.39. The zero-order valence-electron chi connectivity index (χ0n) is 14.1. The van der Waals surface area contributed by atoms with Crippen molar-refractivity contribution in [2.45, 2.75) is 45.8 Å². The van der Waals surface area contributed by atoms with E-state index in [2.05, 4.69) is 57.9 Å². The molecule has 0 fully saturated rings. The smallest absolute Gasteiger partial charge is 0.192 e. The summed E-state index contributed by atoms with van der Waals surface area (Å²) in [5.41, 5.74) is 9.02. The first-order valence-corrected chi connectivity index (χ1v) is 10.2. The van der Waals surface area contributed by atoms with Crippen LogP contribution < -0.4 is 10.6 Å². The molecule has 0 heterocycles. The Morgan fingerprint density at radius 1 is 1.25 bits per heavy atom. The van der Waals surface area contributed by atoms with Crippen molar-refractivity contribution in [1.29, 1.82) is 0 Å². The van der Waals surface area contributed by atoms with Crippen molar-refractivity contribution in [1.82, 2.24) is 0 Å². The van der Waals surface area contributed by atoms with E-state index < -0.39 is 8.32 Å². The second kappa shape index (κ2) is 6.18. The quantitative estimate of drug-likeness (QED) is 0.658. The number of aryl methyl sites for hydroxylation is 1. The molecule has 0 aliphatic heterocycles. The summed E-state index contributed by atoms with van der Waals surface area (Å²) in [6.45, 7) is 15.1. The van der Waals surface area contributed by atoms with Gasteiger partial charge in [-0.2, -0.15) is 0 Å². The van der Waals surface area contributed by atoms with Crippen molar-refractivity contribution in [3.8, 4) is 0 Å². The fraction of sp³-hybridized carbons (Fsp3) is 0.625. The number of hydrogen-bond donors (Lipinski definition) is 1. The van der Waals surface area contributed by atoms with Gasteiger partial charge in [-0.05, 0) is 48.8 Å². The van der Waals surface area contributed by atoms with E-state index in [0.717, 1.165) is 24.4 Å². The Labute approximate surface area is 125 Å². The van der Waals surface area contributed by atoms with Gasteiger partial charge in [0.05, 0.1) is 6.61 Å². The number of hydrogen-bond acceptors (Lipinski definition) is 3. The van der Waals surface area contributed by atoms with Gasteiger partial charge in [0.25, 0.3) is 0 Å². The fourth-order valence-electron chi connectivity index (χ4n) is 1.68. The van der Waals surface area contributed by atoms with Gasteiger partial charge in [0, 0.05) is 25.0 Å². The Balaban J connectivity index is 2.56. The van der Waals surface area contributed by atoms with E-state index >= 15 is 0 Å². The molecule has 0 unspecified atom stereocenters. The third kappa shape index (κ3) is 4.25. The SMILES string of the molecule is Cc1cc(N(C)CCO[Si](C)(C)C(C)(C)C)ccc1N. The van der Waals surface area contributed by atoms with Crippen LogP contribution in [0.5, 0.6) is 0 Å². The third-order valence-corrected chi connectivity index (χ3v) is 8.93. The molecule has 20 heavy (non-hydrogen) atoms. The largest absolute Gasteiger partial charge is 0.415 e. The molecule has 2 N–H and O–H groups in total. The average molecular weight is 295 g/mol. The van der Waals surface area contributed by atoms with Crippen molar-refractivity contribution >= 4 is 19.7 Å². The van der Waals surface area contributed by atoms with Gasteiger partial charge in [-0.3, -0.25) is 0 Å². The number of anilines is 2. The van der Waals surface area contributed by atoms with Crippen molar-refractivity contribution in [3.63, 3.8) is 0 Å². The zero-order valence-corrected chi connectivity index (χ0v) is 15.1. The molecular weight excluding hydrogens is 264 g/mol. The minimum atomic E-state index is -1.64. The Kier molecular flexibility index (Phi) is 5.27. The predicted octanol–water partition coefficient (Wildman–Crippen LogP) is 4.04. The molecular formula is C16H30N2OSi. The van der Waals surface area contributed by atoms with E-state index in [0.29, 0.717) is 0 Å². The van der Waals surface area contributed by atoms with Gasteiger partial charge in [0.2, 0.25) is 0 Å². The Bertz CT molecular complexity index is 452. The number of nitrogens with two attached hydrogens (primary N) is 1. The molecule has 1 aromatic carbocycles. The van der Waals surface area contributed by atoms with Crippen LogP contribution in [0.3, 0.4) is 0 Å². The van der Waals surface area contributed by atoms with Crippen LogP contribution in [0.25, 0.3) is 0 Å². The van der Waals surface area contributed by atoms with Crippen LogP contribution in [-0.4, -0.2) is 28.5 Å². The van der Waals surface area contributed by atoms with Crippen molar-refractivity contribution in [2.75, 3.05) is 30.8 Å². The summed E-state index contributed by atoms with van der Waals surface area (Å²) in [6, 6.07) is 6.16. The lowest BCUT2D eigenvalue weighted by atomic mass is 10.2. The molecule has 0 aliphatic carbocycles. The topological polar surface area (TPSA) is 38.5 Å². The van der Waals surface area contributed by atoms with Crippen LogP contribution in [0.1, 0.15) is 26.3 Å². The number of nitrogens with zero attached hydrogens (tertiary/aromatic N) is 1. The highest BCUT2D eigenvalue weighted by Gasteiger charge is 2.36. The number of likely N-dealkylation sites (N-methyl/N-ethyl adjacent to an activating group) is 1. The lowest BCUT2D eigenvalue weighted by Crippen LogP contribution is -2.42. The van der Waals surface area contributed by atoms with Crippen LogP contribution in [0, 0.1) is 6.92 Å². The van der Waals surface area contributed by atoms with Gasteiger partial charge in [-0.25, -0.2) is 0 Å². The number of benzene rings is 1. The molecule has 0 radical (unpaired) electrons. The normalized spacial score (nSPS) is 12.6. The van der Waals surface area contributed by atoms with Crippen LogP contribution in [0.15, 0.2) is 18.2 Å². The lowest BCUT2D eigenvalue weighted by molar-refractivity contribution is 0.296. The van der Waals surface area contributed by atoms with Crippen LogP contribution in [-0.2, 0) is 4.43 Å². The minimum absolute atomic E-state index is 0.267. The summed E-state index contributed by atoms with van der Waals surface area (Å²) in [5.74, 6) is 0. The second-order valence-electron chi connectivity index (χ2n) is 7.07. The summed E-state index contributed by atoms with van der Waals surface area (Å²) in [7, 11) is 0.458. The molecule has 0 saturated heterocycles. The molecule has 114 valence electrons. The molecule has 3 nitrogen and oxygen atoms in total. The molecule has 1 aromatic rings. The van der Waals surface area contributed by atoms with Gasteiger partial charge in [0.15, 0.2) is 8.32 Å². The van der Waals surface area contributed by atoms with Crippen LogP contribution >= 0.6 is 0 Å². The number of nitrogen functional groups attached to an aromatic ring is 1. The molecule has 0 spiro atoms. The maximum atomic E-state index is 6.21. The average Bonchev–Trinajstić information content (AvgIpc) is 2.30. The Morgan fingerprint density at radius 3 is 2.35 bits per heavy atom. The molecule has 0 amide bonds. The predicted molar refractivity (Wildman–Crippen MR) is 92.0 cm³/mol. The van der Waals surface area contributed by atoms with Gasteiger partial charge in [-0.15, -0.1) is 0 Å². The highest BCUT2D eigenvalue weighted by Crippen LogP contribution is 2.36. The maximum Gasteiger partial charge on any atom is 0.192 e. The van der Waals surface area contributed by atoms with E-state index in [-0.39, 0.29) is 5.04 Å². The van der Waals surface area contributed by atoms with Crippen molar-refractivity contribution < 1.29 is 4.43 Å². The molecule has 0 bridgehead atoms. The van der Waals surface area contributed by atoms with Gasteiger partial charge < -0.3 is 15.1 Å². The first-order valence-electron chi connectivity index (χ1n) is 7.26. The highest BCUT2D eigenvalue weighted by molar-refractivity contribution is 6.74. The van der Waals surface area contributed by atoms with E-state index in [1.54, 1.807) is 0 Å². The minimum Gasteiger partial charge on any atom is -0.415 e. The van der Waals surface area contributed by atoms with Gasteiger partial charge in [-0.1, -0.05) is 20.8 Å². The molecule has 0 aromatic heterocycles. The first-order chi connectivity index (χ1) is 9.04. The summed E-state index contributed by atoms with van der Waals surface area (Å²) in [6.07, 6.45) is 0. The van der Waals surface area contributed by atoms with Gasteiger partial charge in [0.1, 0.15) is 0 Å². The Hall–Kier alpha value is -1.00. The fourth-order valence-corrected chi connectivity index (χ4v) is 2.72. The molecule has 0 aliphatic rings. The molecule has 1 rings (SSSR count). The van der Waals surface area contributed by atoms with Crippen LogP contribution in [0.4, 0.5) is 11.4 Å². The zero-order chi connectivity index (χ0) is 15.6. The maximum absolute atomic E-state index is 6.21. The van der Waals surface area contributed by atoms with E-state index in [9.17, 15) is 0 Å². The van der Waals surface area contributed by atoms with Crippen molar-refractivity contribution in [3.05, 3.63) is 23.8 Å². The standard InChI is InChI=1S/C16H30N2OSi/c1-13-12-14(8-9-15(13)17)18(5)10-11-19-20(6,7)16(2,3)4/h8-9,12H,10-11,17H2,1-7H3. The summed E-state index contributed by atoms with van der Waals surface area (Å²) >= 11 is 0.